The summed E-state index contributed by atoms with van der Waals surface area (Å²) in [6, 6.07) is 9.99. The van der Waals surface area contributed by atoms with Crippen LogP contribution in [0.3, 0.4) is 0 Å². The van der Waals surface area contributed by atoms with Crippen LogP contribution in [0.15, 0.2) is 28.7 Å². The van der Waals surface area contributed by atoms with Gasteiger partial charge in [-0.1, -0.05) is 12.1 Å². The Morgan fingerprint density at radius 2 is 2.05 bits per heavy atom. The van der Waals surface area contributed by atoms with E-state index in [0.29, 0.717) is 12.4 Å². The highest BCUT2D eigenvalue weighted by Gasteiger charge is 2.13. The van der Waals surface area contributed by atoms with E-state index < -0.39 is 0 Å². The molecule has 100 valence electrons. The van der Waals surface area contributed by atoms with Crippen molar-refractivity contribution in [3.05, 3.63) is 47.4 Å². The summed E-state index contributed by atoms with van der Waals surface area (Å²) in [6.07, 6.45) is 0.271. The molecule has 0 aliphatic carbocycles. The molecule has 0 radical (unpaired) electrons. The molecular formula is C15H14N4O. The van der Waals surface area contributed by atoms with Crippen LogP contribution in [0.2, 0.25) is 0 Å². The number of imidazole rings is 1. The lowest BCUT2D eigenvalue weighted by Crippen LogP contribution is -2.05. The number of aromatic nitrogens is 3. The quantitative estimate of drug-likeness (QED) is 0.731. The van der Waals surface area contributed by atoms with Crippen molar-refractivity contribution in [3.8, 4) is 6.07 Å². The third kappa shape index (κ3) is 2.05. The highest BCUT2D eigenvalue weighted by atomic mass is 16.4. The van der Waals surface area contributed by atoms with Crippen LogP contribution < -0.4 is 0 Å². The Bertz CT molecular complexity index is 787. The van der Waals surface area contributed by atoms with E-state index in [1.54, 1.807) is 0 Å². The second kappa shape index (κ2) is 4.82. The number of benzene rings is 1. The van der Waals surface area contributed by atoms with Gasteiger partial charge < -0.3 is 8.98 Å². The molecule has 0 saturated heterocycles. The van der Waals surface area contributed by atoms with Crippen LogP contribution in [0, 0.1) is 25.2 Å². The van der Waals surface area contributed by atoms with Gasteiger partial charge in [-0.25, -0.2) is 9.97 Å². The summed E-state index contributed by atoms with van der Waals surface area (Å²) >= 11 is 0. The fraction of sp³-hybridized carbons (Fsp3) is 0.267. The maximum atomic E-state index is 8.94. The zero-order chi connectivity index (χ0) is 14.1. The molecule has 5 nitrogen and oxygen atoms in total. The van der Waals surface area contributed by atoms with E-state index in [9.17, 15) is 0 Å². The minimum absolute atomic E-state index is 0.271. The van der Waals surface area contributed by atoms with Crippen molar-refractivity contribution in [2.75, 3.05) is 0 Å². The van der Waals surface area contributed by atoms with Crippen LogP contribution in [-0.2, 0) is 13.0 Å². The van der Waals surface area contributed by atoms with Crippen molar-refractivity contribution in [1.29, 1.82) is 5.26 Å². The van der Waals surface area contributed by atoms with Crippen molar-refractivity contribution < 1.29 is 4.42 Å². The lowest BCUT2D eigenvalue weighted by atomic mass is 10.3. The lowest BCUT2D eigenvalue weighted by Gasteiger charge is -2.04. The molecule has 3 aromatic rings. The highest BCUT2D eigenvalue weighted by Crippen LogP contribution is 2.19. The molecule has 0 bridgehead atoms. The monoisotopic (exact) mass is 266 g/mol. The van der Waals surface area contributed by atoms with Gasteiger partial charge in [-0.05, 0) is 26.0 Å². The number of rotatable bonds is 3. The van der Waals surface area contributed by atoms with Gasteiger partial charge in [0.2, 0.25) is 5.89 Å². The normalized spacial score (nSPS) is 10.8. The Kier molecular flexibility index (Phi) is 2.99. The molecular weight excluding hydrogens is 252 g/mol. The first-order valence-electron chi connectivity index (χ1n) is 6.43. The van der Waals surface area contributed by atoms with E-state index in [0.717, 1.165) is 28.3 Å². The molecule has 0 unspecified atom stereocenters. The Labute approximate surface area is 116 Å². The van der Waals surface area contributed by atoms with Crippen LogP contribution in [0.25, 0.3) is 11.0 Å². The number of fused-ring (bicyclic) bond motifs is 1. The molecule has 20 heavy (non-hydrogen) atoms. The Morgan fingerprint density at radius 1 is 1.25 bits per heavy atom. The van der Waals surface area contributed by atoms with Crippen LogP contribution in [0.4, 0.5) is 0 Å². The van der Waals surface area contributed by atoms with E-state index in [1.165, 1.54) is 0 Å². The van der Waals surface area contributed by atoms with Gasteiger partial charge in [0.25, 0.3) is 0 Å². The van der Waals surface area contributed by atoms with Crippen LogP contribution >= 0.6 is 0 Å². The smallest absolute Gasteiger partial charge is 0.214 e. The summed E-state index contributed by atoms with van der Waals surface area (Å²) in [4.78, 5) is 8.89. The first-order valence-corrected chi connectivity index (χ1v) is 6.43. The van der Waals surface area contributed by atoms with E-state index in [-0.39, 0.29) is 6.42 Å². The van der Waals surface area contributed by atoms with Crippen molar-refractivity contribution in [2.24, 2.45) is 0 Å². The van der Waals surface area contributed by atoms with Crippen molar-refractivity contribution in [3.63, 3.8) is 0 Å². The van der Waals surface area contributed by atoms with E-state index in [2.05, 4.69) is 16.0 Å². The summed E-state index contributed by atoms with van der Waals surface area (Å²) in [6.45, 7) is 4.31. The predicted molar refractivity (Wildman–Crippen MR) is 74.1 cm³/mol. The molecule has 2 aromatic heterocycles. The zero-order valence-electron chi connectivity index (χ0n) is 11.4. The molecule has 3 rings (SSSR count). The van der Waals surface area contributed by atoms with Gasteiger partial charge in [-0.15, -0.1) is 0 Å². The number of hydrogen-bond donors (Lipinski definition) is 0. The summed E-state index contributed by atoms with van der Waals surface area (Å²) in [5.41, 5.74) is 2.77. The number of nitrogens with zero attached hydrogens (tertiary/aromatic N) is 4. The maximum Gasteiger partial charge on any atom is 0.214 e. The van der Waals surface area contributed by atoms with Crippen molar-refractivity contribution >= 4 is 11.0 Å². The van der Waals surface area contributed by atoms with E-state index in [1.807, 2.05) is 42.7 Å². The van der Waals surface area contributed by atoms with E-state index in [4.69, 9.17) is 9.68 Å². The highest BCUT2D eigenvalue weighted by molar-refractivity contribution is 5.76. The number of aryl methyl sites for hydroxylation is 2. The van der Waals surface area contributed by atoms with Crippen LogP contribution in [0.5, 0.6) is 0 Å². The van der Waals surface area contributed by atoms with Crippen LogP contribution in [0.1, 0.15) is 23.2 Å². The first-order chi connectivity index (χ1) is 9.69. The molecule has 0 aliphatic rings. The second-order valence-corrected chi connectivity index (χ2v) is 4.69. The van der Waals surface area contributed by atoms with Gasteiger partial charge in [0, 0.05) is 0 Å². The molecule has 5 heteroatoms. The average molecular weight is 266 g/mol. The molecule has 0 amide bonds. The van der Waals surface area contributed by atoms with Gasteiger partial charge in [-0.2, -0.15) is 5.26 Å². The van der Waals surface area contributed by atoms with E-state index >= 15 is 0 Å². The number of para-hydroxylation sites is 2. The molecule has 0 saturated carbocycles. The summed E-state index contributed by atoms with van der Waals surface area (Å²) in [7, 11) is 0. The Hall–Kier alpha value is -2.61. The SMILES string of the molecule is Cc1nc(Cn2c(CC#N)nc3ccccc32)oc1C. The standard InChI is InChI=1S/C15H14N4O/c1-10-11(2)20-15(17-10)9-19-13-6-4-3-5-12(13)18-14(19)7-8-16/h3-6H,7,9H2,1-2H3. The molecule has 0 atom stereocenters. The fourth-order valence-electron chi connectivity index (χ4n) is 2.25. The molecule has 2 heterocycles. The molecule has 0 aliphatic heterocycles. The average Bonchev–Trinajstić information content (AvgIpc) is 2.93. The topological polar surface area (TPSA) is 67.6 Å². The number of oxazole rings is 1. The van der Waals surface area contributed by atoms with Crippen LogP contribution in [-0.4, -0.2) is 14.5 Å². The Morgan fingerprint density at radius 3 is 2.75 bits per heavy atom. The molecule has 0 spiro atoms. The number of nitriles is 1. The largest absolute Gasteiger partial charge is 0.444 e. The minimum Gasteiger partial charge on any atom is -0.444 e. The van der Waals surface area contributed by atoms with Crippen molar-refractivity contribution in [2.45, 2.75) is 26.8 Å². The predicted octanol–water partition coefficient (Wildman–Crippen LogP) is 2.76. The maximum absolute atomic E-state index is 8.94. The lowest BCUT2D eigenvalue weighted by molar-refractivity contribution is 0.456. The summed E-state index contributed by atoms with van der Waals surface area (Å²) < 4.78 is 7.62. The first kappa shape index (κ1) is 12.4. The molecule has 0 N–H and O–H groups in total. The molecule has 1 aromatic carbocycles. The van der Waals surface area contributed by atoms with Gasteiger partial charge >= 0.3 is 0 Å². The zero-order valence-corrected chi connectivity index (χ0v) is 11.4. The third-order valence-electron chi connectivity index (χ3n) is 3.34. The third-order valence-corrected chi connectivity index (χ3v) is 3.34. The van der Waals surface area contributed by atoms with Gasteiger partial charge in [-0.3, -0.25) is 0 Å². The second-order valence-electron chi connectivity index (χ2n) is 4.69. The van der Waals surface area contributed by atoms with Gasteiger partial charge in [0.05, 0.1) is 29.2 Å². The number of hydrogen-bond acceptors (Lipinski definition) is 4. The van der Waals surface area contributed by atoms with Crippen molar-refractivity contribution in [1.82, 2.24) is 14.5 Å². The van der Waals surface area contributed by atoms with Gasteiger partial charge in [0.1, 0.15) is 18.1 Å². The molecule has 0 fully saturated rings. The minimum atomic E-state index is 0.271. The summed E-state index contributed by atoms with van der Waals surface area (Å²) in [5, 5.41) is 8.94. The Balaban J connectivity index is 2.09. The fourth-order valence-corrected chi connectivity index (χ4v) is 2.25. The van der Waals surface area contributed by atoms with Gasteiger partial charge in [0.15, 0.2) is 0 Å². The summed E-state index contributed by atoms with van der Waals surface area (Å²) in [5.74, 6) is 2.20.